The molecule has 0 aromatic heterocycles. The number of ether oxygens (including phenoxy) is 1. The van der Waals surface area contributed by atoms with Crippen LogP contribution < -0.4 is 10.1 Å². The summed E-state index contributed by atoms with van der Waals surface area (Å²) in [6, 6.07) is 21.8. The highest BCUT2D eigenvalue weighted by atomic mass is 19.1. The summed E-state index contributed by atoms with van der Waals surface area (Å²) in [5.41, 5.74) is 1.10. The number of ketones is 1. The normalized spacial score (nSPS) is 13.9. The third-order valence-corrected chi connectivity index (χ3v) is 5.84. The average Bonchev–Trinajstić information content (AvgIpc) is 2.89. The number of piperidine rings is 1. The molecule has 0 aliphatic carbocycles. The van der Waals surface area contributed by atoms with E-state index in [9.17, 15) is 18.8 Å². The van der Waals surface area contributed by atoms with Crippen LogP contribution in [0.4, 0.5) is 10.1 Å². The maximum absolute atomic E-state index is 13.7. The molecule has 1 heterocycles. The van der Waals surface area contributed by atoms with Crippen LogP contribution in [0.3, 0.4) is 0 Å². The lowest BCUT2D eigenvalue weighted by Gasteiger charge is -2.31. The van der Waals surface area contributed by atoms with Crippen molar-refractivity contribution in [2.75, 3.05) is 25.0 Å². The number of carbonyl (C=O) groups is 3. The minimum absolute atomic E-state index is 0.0633. The van der Waals surface area contributed by atoms with Gasteiger partial charge in [-0.1, -0.05) is 54.6 Å². The molecule has 0 bridgehead atoms. The van der Waals surface area contributed by atoms with E-state index >= 15 is 0 Å². The fourth-order valence-electron chi connectivity index (χ4n) is 4.01. The SMILES string of the molecule is O=C(COc1ccccc1C(=O)N1CCC(C(=O)c2ccccc2)CC1)Nc1ccccc1F. The van der Waals surface area contributed by atoms with E-state index in [0.717, 1.165) is 0 Å². The lowest BCUT2D eigenvalue weighted by Crippen LogP contribution is -2.40. The van der Waals surface area contributed by atoms with Gasteiger partial charge in [0.2, 0.25) is 0 Å². The predicted octanol–water partition coefficient (Wildman–Crippen LogP) is 4.58. The number of Topliss-reactive ketones (excluding diaryl/α,β-unsaturated/α-hetero) is 1. The van der Waals surface area contributed by atoms with E-state index in [1.807, 2.05) is 30.3 Å². The zero-order valence-corrected chi connectivity index (χ0v) is 18.6. The lowest BCUT2D eigenvalue weighted by molar-refractivity contribution is -0.118. The Labute approximate surface area is 197 Å². The summed E-state index contributed by atoms with van der Waals surface area (Å²) in [4.78, 5) is 39.8. The summed E-state index contributed by atoms with van der Waals surface area (Å²) >= 11 is 0. The molecule has 1 aliphatic heterocycles. The smallest absolute Gasteiger partial charge is 0.262 e. The van der Waals surface area contributed by atoms with Crippen LogP contribution >= 0.6 is 0 Å². The number of hydrogen-bond acceptors (Lipinski definition) is 4. The number of anilines is 1. The molecule has 1 aliphatic rings. The third-order valence-electron chi connectivity index (χ3n) is 5.84. The molecule has 0 radical (unpaired) electrons. The second kappa shape index (κ2) is 10.7. The zero-order valence-electron chi connectivity index (χ0n) is 18.6. The average molecular weight is 461 g/mol. The van der Waals surface area contributed by atoms with E-state index in [4.69, 9.17) is 4.74 Å². The van der Waals surface area contributed by atoms with Gasteiger partial charge in [0, 0.05) is 24.6 Å². The topological polar surface area (TPSA) is 75.7 Å². The van der Waals surface area contributed by atoms with Gasteiger partial charge < -0.3 is 15.0 Å². The minimum atomic E-state index is -0.541. The van der Waals surface area contributed by atoms with E-state index in [2.05, 4.69) is 5.32 Å². The van der Waals surface area contributed by atoms with Crippen molar-refractivity contribution in [1.29, 1.82) is 0 Å². The first-order chi connectivity index (χ1) is 16.5. The van der Waals surface area contributed by atoms with Crippen LogP contribution in [0.5, 0.6) is 5.75 Å². The van der Waals surface area contributed by atoms with Crippen molar-refractivity contribution in [2.24, 2.45) is 5.92 Å². The van der Waals surface area contributed by atoms with Crippen molar-refractivity contribution < 1.29 is 23.5 Å². The number of benzene rings is 3. The Morgan fingerprint density at radius 3 is 2.26 bits per heavy atom. The fraction of sp³-hybridized carbons (Fsp3) is 0.222. The Hall–Kier alpha value is -4.00. The maximum atomic E-state index is 13.7. The molecule has 1 saturated heterocycles. The summed E-state index contributed by atoms with van der Waals surface area (Å²) in [6.45, 7) is 0.556. The molecular weight excluding hydrogens is 435 g/mol. The molecule has 4 rings (SSSR count). The van der Waals surface area contributed by atoms with Crippen LogP contribution in [0.25, 0.3) is 0 Å². The number of para-hydroxylation sites is 2. The van der Waals surface area contributed by atoms with Crippen LogP contribution in [-0.4, -0.2) is 42.2 Å². The highest BCUT2D eigenvalue weighted by Gasteiger charge is 2.29. The molecular formula is C27H25FN2O4. The molecule has 34 heavy (non-hydrogen) atoms. The van der Waals surface area contributed by atoms with Gasteiger partial charge in [-0.25, -0.2) is 4.39 Å². The van der Waals surface area contributed by atoms with Crippen LogP contribution in [0.15, 0.2) is 78.9 Å². The van der Waals surface area contributed by atoms with Crippen LogP contribution in [0.1, 0.15) is 33.6 Å². The zero-order chi connectivity index (χ0) is 23.9. The molecule has 0 spiro atoms. The van der Waals surface area contributed by atoms with E-state index in [-0.39, 0.29) is 35.7 Å². The maximum Gasteiger partial charge on any atom is 0.262 e. The molecule has 3 aromatic rings. The Balaban J connectivity index is 1.35. The van der Waals surface area contributed by atoms with Gasteiger partial charge in [0.15, 0.2) is 12.4 Å². The van der Waals surface area contributed by atoms with Crippen LogP contribution in [0, 0.1) is 11.7 Å². The Kier molecular flexibility index (Phi) is 7.32. The van der Waals surface area contributed by atoms with Gasteiger partial charge in [-0.2, -0.15) is 0 Å². The Bertz CT molecular complexity index is 1170. The molecule has 1 N–H and O–H groups in total. The first-order valence-corrected chi connectivity index (χ1v) is 11.2. The Morgan fingerprint density at radius 1 is 0.882 bits per heavy atom. The molecule has 174 valence electrons. The van der Waals surface area contributed by atoms with E-state index in [1.54, 1.807) is 35.2 Å². The van der Waals surface area contributed by atoms with Crippen molar-refractivity contribution in [3.8, 4) is 5.75 Å². The molecule has 1 fully saturated rings. The quantitative estimate of drug-likeness (QED) is 0.524. The number of nitrogens with one attached hydrogen (secondary N) is 1. The highest BCUT2D eigenvalue weighted by Crippen LogP contribution is 2.26. The van der Waals surface area contributed by atoms with Crippen LogP contribution in [-0.2, 0) is 4.79 Å². The standard InChI is InChI=1S/C27H25FN2O4/c28-22-11-5-6-12-23(22)29-25(31)18-34-24-13-7-4-10-21(24)27(33)30-16-14-20(15-17-30)26(32)19-8-2-1-3-9-19/h1-13,20H,14-18H2,(H,29,31). The second-order valence-electron chi connectivity index (χ2n) is 8.11. The number of hydrogen-bond donors (Lipinski definition) is 1. The number of rotatable bonds is 7. The highest BCUT2D eigenvalue weighted by molar-refractivity contribution is 5.99. The van der Waals surface area contributed by atoms with Gasteiger partial charge in [-0.3, -0.25) is 14.4 Å². The molecule has 7 heteroatoms. The second-order valence-corrected chi connectivity index (χ2v) is 8.11. The number of amides is 2. The van der Waals surface area contributed by atoms with Gasteiger partial charge in [0.05, 0.1) is 11.3 Å². The summed E-state index contributed by atoms with van der Waals surface area (Å²) in [7, 11) is 0. The van der Waals surface area contributed by atoms with E-state index < -0.39 is 11.7 Å². The van der Waals surface area contributed by atoms with Crippen molar-refractivity contribution >= 4 is 23.3 Å². The van der Waals surface area contributed by atoms with E-state index in [1.165, 1.54) is 18.2 Å². The molecule has 6 nitrogen and oxygen atoms in total. The van der Waals surface area contributed by atoms with Gasteiger partial charge in [0.1, 0.15) is 11.6 Å². The lowest BCUT2D eigenvalue weighted by atomic mass is 9.88. The van der Waals surface area contributed by atoms with Crippen LogP contribution in [0.2, 0.25) is 0 Å². The molecule has 2 amide bonds. The van der Waals surface area contributed by atoms with Gasteiger partial charge in [0.25, 0.3) is 11.8 Å². The largest absolute Gasteiger partial charge is 0.483 e. The number of carbonyl (C=O) groups excluding carboxylic acids is 3. The molecule has 0 atom stereocenters. The first-order valence-electron chi connectivity index (χ1n) is 11.2. The summed E-state index contributed by atoms with van der Waals surface area (Å²) < 4.78 is 19.3. The van der Waals surface area contributed by atoms with E-state index in [0.29, 0.717) is 37.1 Å². The van der Waals surface area contributed by atoms with Gasteiger partial charge in [-0.15, -0.1) is 0 Å². The summed E-state index contributed by atoms with van der Waals surface area (Å²) in [5.74, 6) is -1.01. The number of likely N-dealkylation sites (tertiary alicyclic amines) is 1. The van der Waals surface area contributed by atoms with Crippen molar-refractivity contribution in [2.45, 2.75) is 12.8 Å². The third kappa shape index (κ3) is 5.49. The van der Waals surface area contributed by atoms with Gasteiger partial charge in [-0.05, 0) is 37.1 Å². The van der Waals surface area contributed by atoms with Crippen molar-refractivity contribution in [3.63, 3.8) is 0 Å². The molecule has 0 saturated carbocycles. The first kappa shape index (κ1) is 23.2. The molecule has 3 aromatic carbocycles. The summed E-state index contributed by atoms with van der Waals surface area (Å²) in [5, 5.41) is 2.46. The van der Waals surface area contributed by atoms with Crippen molar-refractivity contribution in [3.05, 3.63) is 95.8 Å². The van der Waals surface area contributed by atoms with Crippen molar-refractivity contribution in [1.82, 2.24) is 4.90 Å². The monoisotopic (exact) mass is 460 g/mol. The summed E-state index contributed by atoms with van der Waals surface area (Å²) in [6.07, 6.45) is 1.18. The fourth-order valence-corrected chi connectivity index (χ4v) is 4.01. The number of nitrogens with zero attached hydrogens (tertiary/aromatic N) is 1. The number of halogens is 1. The molecule has 0 unspecified atom stereocenters. The van der Waals surface area contributed by atoms with Gasteiger partial charge >= 0.3 is 0 Å². The Morgan fingerprint density at radius 2 is 1.53 bits per heavy atom. The predicted molar refractivity (Wildman–Crippen MR) is 126 cm³/mol. The minimum Gasteiger partial charge on any atom is -0.483 e.